The monoisotopic (exact) mass is 375 g/mol. The summed E-state index contributed by atoms with van der Waals surface area (Å²) in [6.45, 7) is 3.74. The summed E-state index contributed by atoms with van der Waals surface area (Å²) in [5.41, 5.74) is 2.52. The van der Waals surface area contributed by atoms with E-state index in [-0.39, 0.29) is 0 Å². The van der Waals surface area contributed by atoms with Gasteiger partial charge < -0.3 is 14.8 Å². The molecule has 28 heavy (non-hydrogen) atoms. The van der Waals surface area contributed by atoms with Gasteiger partial charge in [0.25, 0.3) is 0 Å². The Bertz CT molecular complexity index is 1160. The number of ether oxygens (including phenoxy) is 1. The fourth-order valence-electron chi connectivity index (χ4n) is 3.05. The molecule has 0 saturated carbocycles. The third-order valence-electron chi connectivity index (χ3n) is 4.73. The van der Waals surface area contributed by atoms with E-state index in [0.29, 0.717) is 24.6 Å². The lowest BCUT2D eigenvalue weighted by Crippen LogP contribution is -2.26. The van der Waals surface area contributed by atoms with Gasteiger partial charge in [0.15, 0.2) is 0 Å². The van der Waals surface area contributed by atoms with Crippen molar-refractivity contribution < 1.29 is 14.6 Å². The maximum atomic E-state index is 11.3. The molecule has 2 aromatic heterocycles. The van der Waals surface area contributed by atoms with E-state index in [9.17, 15) is 9.90 Å². The first-order valence-corrected chi connectivity index (χ1v) is 9.10. The highest BCUT2D eigenvalue weighted by molar-refractivity contribution is 5.79. The second-order valence-corrected chi connectivity index (χ2v) is 7.51. The number of H-pyrrole nitrogens is 1. The van der Waals surface area contributed by atoms with Crippen molar-refractivity contribution in [3.63, 3.8) is 0 Å². The number of nitrogens with zero attached hydrogens (tertiary/aromatic N) is 2. The molecule has 4 rings (SSSR count). The van der Waals surface area contributed by atoms with Crippen molar-refractivity contribution in [1.82, 2.24) is 15.0 Å². The zero-order valence-corrected chi connectivity index (χ0v) is 15.8. The third kappa shape index (κ3) is 3.67. The number of rotatable bonds is 6. The Morgan fingerprint density at radius 3 is 2.71 bits per heavy atom. The van der Waals surface area contributed by atoms with Gasteiger partial charge in [-0.05, 0) is 38.1 Å². The van der Waals surface area contributed by atoms with Gasteiger partial charge in [-0.2, -0.15) is 0 Å². The number of aromatic amines is 1. The van der Waals surface area contributed by atoms with Gasteiger partial charge in [-0.3, -0.25) is 4.79 Å². The number of carboxylic acid groups (broad SMARTS) is 1. The van der Waals surface area contributed by atoms with Crippen LogP contribution in [0.4, 0.5) is 0 Å². The van der Waals surface area contributed by atoms with E-state index in [1.54, 1.807) is 13.8 Å². The van der Waals surface area contributed by atoms with E-state index in [2.05, 4.69) is 15.0 Å². The van der Waals surface area contributed by atoms with Crippen molar-refractivity contribution in [2.75, 3.05) is 0 Å². The molecule has 142 valence electrons. The number of fused-ring (bicyclic) bond motifs is 2. The molecule has 0 aliphatic rings. The van der Waals surface area contributed by atoms with Crippen LogP contribution in [0.15, 0.2) is 54.6 Å². The van der Waals surface area contributed by atoms with Crippen LogP contribution >= 0.6 is 0 Å². The largest absolute Gasteiger partial charge is 0.487 e. The Morgan fingerprint density at radius 2 is 1.89 bits per heavy atom. The Morgan fingerprint density at radius 1 is 1.07 bits per heavy atom. The van der Waals surface area contributed by atoms with E-state index >= 15 is 0 Å². The van der Waals surface area contributed by atoms with Gasteiger partial charge in [0.2, 0.25) is 0 Å². The first kappa shape index (κ1) is 18.0. The maximum Gasteiger partial charge on any atom is 0.309 e. The Kier molecular flexibility index (Phi) is 4.47. The lowest BCUT2D eigenvalue weighted by atomic mass is 9.89. The first-order valence-electron chi connectivity index (χ1n) is 9.10. The minimum Gasteiger partial charge on any atom is -0.487 e. The summed E-state index contributed by atoms with van der Waals surface area (Å²) < 4.78 is 5.89. The van der Waals surface area contributed by atoms with Crippen molar-refractivity contribution in [2.45, 2.75) is 26.9 Å². The second-order valence-electron chi connectivity index (χ2n) is 7.51. The molecule has 0 atom stereocenters. The molecule has 2 aromatic carbocycles. The molecule has 0 amide bonds. The number of aliphatic carboxylic acids is 1. The molecule has 0 fully saturated rings. The number of hydrogen-bond donors (Lipinski definition) is 2. The summed E-state index contributed by atoms with van der Waals surface area (Å²) in [5.74, 6) is 0.494. The number of carbonyl (C=O) groups is 1. The zero-order chi connectivity index (χ0) is 19.7. The van der Waals surface area contributed by atoms with E-state index in [1.165, 1.54) is 0 Å². The van der Waals surface area contributed by atoms with Gasteiger partial charge in [-0.25, -0.2) is 9.97 Å². The molecule has 6 nitrogen and oxygen atoms in total. The molecule has 0 unspecified atom stereocenters. The molecular formula is C22H21N3O3. The Labute approximate surface area is 162 Å². The van der Waals surface area contributed by atoms with Crippen LogP contribution in [-0.2, 0) is 17.8 Å². The van der Waals surface area contributed by atoms with Crippen LogP contribution in [-0.4, -0.2) is 26.0 Å². The number of imidazole rings is 1. The summed E-state index contributed by atoms with van der Waals surface area (Å²) in [6.07, 6.45) is 0.328. The maximum absolute atomic E-state index is 11.3. The van der Waals surface area contributed by atoms with Crippen LogP contribution in [0.25, 0.3) is 21.9 Å². The number of nitrogens with one attached hydrogen (secondary N) is 1. The fourth-order valence-corrected chi connectivity index (χ4v) is 3.05. The molecule has 0 aliphatic carbocycles. The Balaban J connectivity index is 1.50. The van der Waals surface area contributed by atoms with Crippen LogP contribution < -0.4 is 4.74 Å². The average molecular weight is 375 g/mol. The molecule has 0 spiro atoms. The van der Waals surface area contributed by atoms with Crippen LogP contribution in [0.1, 0.15) is 25.4 Å². The van der Waals surface area contributed by atoms with Crippen LogP contribution in [0.2, 0.25) is 0 Å². The van der Waals surface area contributed by atoms with E-state index in [1.807, 2.05) is 54.6 Å². The summed E-state index contributed by atoms with van der Waals surface area (Å²) in [5, 5.41) is 10.4. The van der Waals surface area contributed by atoms with Gasteiger partial charge in [-0.15, -0.1) is 0 Å². The minimum atomic E-state index is -0.880. The standard InChI is InChI=1S/C22H21N3O3/c1-22(2,21(26)27)12-20-24-18-10-9-16(11-19(18)25-20)28-13-15-8-7-14-5-3-4-6-17(14)23-15/h3-11H,12-13H2,1-2H3,(H,24,25)(H,26,27). The molecule has 2 N–H and O–H groups in total. The molecule has 0 bridgehead atoms. The van der Waals surface area contributed by atoms with Crippen LogP contribution in [0.5, 0.6) is 5.75 Å². The van der Waals surface area contributed by atoms with E-state index < -0.39 is 11.4 Å². The summed E-state index contributed by atoms with van der Waals surface area (Å²) in [7, 11) is 0. The fraction of sp³-hybridized carbons (Fsp3) is 0.227. The normalized spacial score (nSPS) is 11.8. The number of hydrogen-bond acceptors (Lipinski definition) is 4. The molecular weight excluding hydrogens is 354 g/mol. The molecule has 0 radical (unpaired) electrons. The highest BCUT2D eigenvalue weighted by Gasteiger charge is 2.28. The zero-order valence-electron chi connectivity index (χ0n) is 15.8. The van der Waals surface area contributed by atoms with Gasteiger partial charge >= 0.3 is 5.97 Å². The van der Waals surface area contributed by atoms with Crippen LogP contribution in [0, 0.1) is 5.41 Å². The van der Waals surface area contributed by atoms with Crippen molar-refractivity contribution in [1.29, 1.82) is 0 Å². The number of aromatic nitrogens is 3. The van der Waals surface area contributed by atoms with Gasteiger partial charge in [-0.1, -0.05) is 24.3 Å². The highest BCUT2D eigenvalue weighted by atomic mass is 16.5. The summed E-state index contributed by atoms with van der Waals surface area (Å²) in [6, 6.07) is 17.6. The predicted octanol–water partition coefficient (Wildman–Crippen LogP) is 4.34. The second kappa shape index (κ2) is 6.96. The summed E-state index contributed by atoms with van der Waals surface area (Å²) >= 11 is 0. The molecule has 0 aliphatic heterocycles. The number of carboxylic acids is 1. The topological polar surface area (TPSA) is 88.1 Å². The van der Waals surface area contributed by atoms with Gasteiger partial charge in [0.1, 0.15) is 18.2 Å². The van der Waals surface area contributed by atoms with Crippen molar-refractivity contribution in [3.8, 4) is 5.75 Å². The number of pyridine rings is 1. The van der Waals surface area contributed by atoms with E-state index in [0.717, 1.165) is 27.6 Å². The first-order chi connectivity index (χ1) is 13.4. The molecule has 4 aromatic rings. The molecule has 0 saturated heterocycles. The van der Waals surface area contributed by atoms with Crippen molar-refractivity contribution >= 4 is 27.9 Å². The minimum absolute atomic E-state index is 0.328. The smallest absolute Gasteiger partial charge is 0.309 e. The number of para-hydroxylation sites is 1. The van der Waals surface area contributed by atoms with Crippen molar-refractivity contribution in [3.05, 3.63) is 66.1 Å². The average Bonchev–Trinajstić information content (AvgIpc) is 3.06. The SMILES string of the molecule is CC(C)(Cc1nc2cc(OCc3ccc4ccccc4n3)ccc2[nH]1)C(=O)O. The molecule has 2 heterocycles. The third-order valence-corrected chi connectivity index (χ3v) is 4.73. The Hall–Kier alpha value is -3.41. The lowest BCUT2D eigenvalue weighted by molar-refractivity contribution is -0.146. The predicted molar refractivity (Wildman–Crippen MR) is 107 cm³/mol. The van der Waals surface area contributed by atoms with E-state index in [4.69, 9.17) is 4.74 Å². The quantitative estimate of drug-likeness (QED) is 0.523. The highest BCUT2D eigenvalue weighted by Crippen LogP contribution is 2.25. The van der Waals surface area contributed by atoms with Crippen molar-refractivity contribution in [2.24, 2.45) is 5.41 Å². The van der Waals surface area contributed by atoms with Gasteiger partial charge in [0, 0.05) is 17.9 Å². The number of benzene rings is 2. The van der Waals surface area contributed by atoms with Gasteiger partial charge in [0.05, 0.1) is 27.7 Å². The lowest BCUT2D eigenvalue weighted by Gasteiger charge is -2.16. The van der Waals surface area contributed by atoms with Crippen LogP contribution in [0.3, 0.4) is 0 Å². The summed E-state index contributed by atoms with van der Waals surface area (Å²) in [4.78, 5) is 23.6. The molecule has 6 heteroatoms.